The molecule has 1 saturated heterocycles. The lowest BCUT2D eigenvalue weighted by Crippen LogP contribution is -2.54. The second-order valence-electron chi connectivity index (χ2n) is 4.13. The van der Waals surface area contributed by atoms with Crippen molar-refractivity contribution in [2.45, 2.75) is 6.04 Å². The molecule has 1 aliphatic rings. The summed E-state index contributed by atoms with van der Waals surface area (Å²) in [6.07, 6.45) is 0. The first-order valence-electron chi connectivity index (χ1n) is 5.68. The molecule has 0 spiro atoms. The summed E-state index contributed by atoms with van der Waals surface area (Å²) in [6.45, 7) is 4.14. The molecule has 0 radical (unpaired) electrons. The minimum absolute atomic E-state index is 0.523. The fourth-order valence-electron chi connectivity index (χ4n) is 2.10. The summed E-state index contributed by atoms with van der Waals surface area (Å²) < 4.78 is 0. The van der Waals surface area contributed by atoms with Crippen LogP contribution in [0.15, 0.2) is 24.3 Å². The summed E-state index contributed by atoms with van der Waals surface area (Å²) in [5.41, 5.74) is 1.26. The first-order chi connectivity index (χ1) is 7.79. The minimum atomic E-state index is 0.523. The Balaban J connectivity index is 2.01. The summed E-state index contributed by atoms with van der Waals surface area (Å²) in [5, 5.41) is 7.51. The number of nitrogens with one attached hydrogen (secondary N) is 2. The Morgan fingerprint density at radius 1 is 1.44 bits per heavy atom. The smallest absolute Gasteiger partial charge is 0.0407 e. The Labute approximate surface area is 102 Å². The maximum atomic E-state index is 5.89. The van der Waals surface area contributed by atoms with Gasteiger partial charge < -0.3 is 15.5 Å². The van der Waals surface area contributed by atoms with Gasteiger partial charge in [0.1, 0.15) is 0 Å². The molecule has 2 rings (SSSR count). The van der Waals surface area contributed by atoms with Gasteiger partial charge in [-0.1, -0.05) is 11.6 Å². The zero-order valence-corrected chi connectivity index (χ0v) is 10.3. The van der Waals surface area contributed by atoms with Gasteiger partial charge in [-0.05, 0) is 31.3 Å². The molecule has 1 aromatic rings. The molecule has 3 nitrogen and oxygen atoms in total. The molecule has 0 amide bonds. The van der Waals surface area contributed by atoms with Gasteiger partial charge in [-0.2, -0.15) is 0 Å². The van der Waals surface area contributed by atoms with Crippen LogP contribution < -0.4 is 15.5 Å². The minimum Gasteiger partial charge on any atom is -0.369 e. The lowest BCUT2D eigenvalue weighted by Gasteiger charge is -2.35. The van der Waals surface area contributed by atoms with E-state index in [0.29, 0.717) is 6.04 Å². The van der Waals surface area contributed by atoms with Crippen molar-refractivity contribution in [2.75, 3.05) is 38.1 Å². The Morgan fingerprint density at radius 3 is 2.88 bits per heavy atom. The first-order valence-corrected chi connectivity index (χ1v) is 6.06. The van der Waals surface area contributed by atoms with Crippen LogP contribution in [0.3, 0.4) is 0 Å². The molecule has 0 aliphatic carbocycles. The third kappa shape index (κ3) is 2.88. The summed E-state index contributed by atoms with van der Waals surface area (Å²) in [5.74, 6) is 0. The van der Waals surface area contributed by atoms with Gasteiger partial charge in [0, 0.05) is 42.9 Å². The Kier molecular flexibility index (Phi) is 4.04. The van der Waals surface area contributed by atoms with Crippen LogP contribution in [0, 0.1) is 0 Å². The van der Waals surface area contributed by atoms with Gasteiger partial charge in [0.25, 0.3) is 0 Å². The molecular weight excluding hydrogens is 222 g/mol. The molecule has 88 valence electrons. The third-order valence-electron chi connectivity index (χ3n) is 2.90. The summed E-state index contributed by atoms with van der Waals surface area (Å²) in [6, 6.07) is 8.60. The number of likely N-dealkylation sites (N-methyl/N-ethyl adjacent to an activating group) is 1. The van der Waals surface area contributed by atoms with E-state index in [1.807, 2.05) is 19.2 Å². The Bertz CT molecular complexity index is 324. The van der Waals surface area contributed by atoms with Crippen molar-refractivity contribution in [3.63, 3.8) is 0 Å². The van der Waals surface area contributed by atoms with Crippen LogP contribution in [0.2, 0.25) is 5.02 Å². The average molecular weight is 240 g/mol. The van der Waals surface area contributed by atoms with E-state index < -0.39 is 0 Å². The predicted molar refractivity (Wildman–Crippen MR) is 69.4 cm³/mol. The zero-order valence-electron chi connectivity index (χ0n) is 9.54. The number of piperazine rings is 1. The fraction of sp³-hybridized carbons (Fsp3) is 0.500. The lowest BCUT2D eigenvalue weighted by molar-refractivity contribution is 0.443. The normalized spacial score (nSPS) is 21.1. The van der Waals surface area contributed by atoms with Gasteiger partial charge >= 0.3 is 0 Å². The second-order valence-corrected chi connectivity index (χ2v) is 4.57. The van der Waals surface area contributed by atoms with Crippen molar-refractivity contribution in [3.8, 4) is 0 Å². The molecule has 1 aliphatic heterocycles. The second kappa shape index (κ2) is 5.53. The number of hydrogen-bond acceptors (Lipinski definition) is 3. The molecule has 2 N–H and O–H groups in total. The van der Waals surface area contributed by atoms with E-state index >= 15 is 0 Å². The van der Waals surface area contributed by atoms with Crippen LogP contribution >= 0.6 is 11.6 Å². The van der Waals surface area contributed by atoms with Crippen LogP contribution in [0.5, 0.6) is 0 Å². The molecule has 0 aromatic heterocycles. The molecule has 1 unspecified atom stereocenters. The van der Waals surface area contributed by atoms with Crippen LogP contribution in [-0.4, -0.2) is 39.3 Å². The van der Waals surface area contributed by atoms with Gasteiger partial charge in [0.05, 0.1) is 0 Å². The van der Waals surface area contributed by atoms with Crippen molar-refractivity contribution < 1.29 is 0 Å². The molecule has 1 heterocycles. The molecule has 1 atom stereocenters. The van der Waals surface area contributed by atoms with E-state index in [2.05, 4.69) is 27.7 Å². The molecule has 0 bridgehead atoms. The summed E-state index contributed by atoms with van der Waals surface area (Å²) >= 11 is 5.89. The standard InChI is InChI=1S/C12H18ClN3/c1-14-8-11-9-16(7-6-15-11)12-4-2-10(13)3-5-12/h2-5,11,14-15H,6-9H2,1H3. The quantitative estimate of drug-likeness (QED) is 0.834. The van der Waals surface area contributed by atoms with Crippen molar-refractivity contribution in [1.82, 2.24) is 10.6 Å². The highest BCUT2D eigenvalue weighted by Crippen LogP contribution is 2.18. The van der Waals surface area contributed by atoms with Crippen molar-refractivity contribution in [3.05, 3.63) is 29.3 Å². The summed E-state index contributed by atoms with van der Waals surface area (Å²) in [4.78, 5) is 2.40. The maximum Gasteiger partial charge on any atom is 0.0407 e. The number of hydrogen-bond donors (Lipinski definition) is 2. The lowest BCUT2D eigenvalue weighted by atomic mass is 10.2. The van der Waals surface area contributed by atoms with E-state index in [9.17, 15) is 0 Å². The Hall–Kier alpha value is -0.770. The number of anilines is 1. The van der Waals surface area contributed by atoms with E-state index in [-0.39, 0.29) is 0 Å². The highest BCUT2D eigenvalue weighted by atomic mass is 35.5. The Morgan fingerprint density at radius 2 is 2.19 bits per heavy atom. The third-order valence-corrected chi connectivity index (χ3v) is 3.15. The SMILES string of the molecule is CNCC1CN(c2ccc(Cl)cc2)CCN1. The van der Waals surface area contributed by atoms with Gasteiger partial charge in [-0.25, -0.2) is 0 Å². The predicted octanol–water partition coefficient (Wildman–Crippen LogP) is 1.34. The molecular formula is C12H18ClN3. The number of halogens is 1. The largest absolute Gasteiger partial charge is 0.369 e. The highest BCUT2D eigenvalue weighted by molar-refractivity contribution is 6.30. The van der Waals surface area contributed by atoms with Gasteiger partial charge in [0.15, 0.2) is 0 Å². The number of rotatable bonds is 3. The van der Waals surface area contributed by atoms with Crippen molar-refractivity contribution in [2.24, 2.45) is 0 Å². The van der Waals surface area contributed by atoms with Crippen molar-refractivity contribution >= 4 is 17.3 Å². The van der Waals surface area contributed by atoms with Gasteiger partial charge in [0.2, 0.25) is 0 Å². The maximum absolute atomic E-state index is 5.89. The monoisotopic (exact) mass is 239 g/mol. The molecule has 1 fully saturated rings. The van der Waals surface area contributed by atoms with E-state index in [0.717, 1.165) is 31.2 Å². The van der Waals surface area contributed by atoms with Crippen molar-refractivity contribution in [1.29, 1.82) is 0 Å². The fourth-order valence-corrected chi connectivity index (χ4v) is 2.22. The van der Waals surface area contributed by atoms with Crippen LogP contribution in [0.4, 0.5) is 5.69 Å². The highest BCUT2D eigenvalue weighted by Gasteiger charge is 2.18. The van der Waals surface area contributed by atoms with Crippen LogP contribution in [0.25, 0.3) is 0 Å². The molecule has 4 heteroatoms. The van der Waals surface area contributed by atoms with Crippen LogP contribution in [0.1, 0.15) is 0 Å². The molecule has 16 heavy (non-hydrogen) atoms. The first kappa shape index (κ1) is 11.7. The van der Waals surface area contributed by atoms with E-state index in [4.69, 9.17) is 11.6 Å². The van der Waals surface area contributed by atoms with Gasteiger partial charge in [-0.15, -0.1) is 0 Å². The topological polar surface area (TPSA) is 27.3 Å². The van der Waals surface area contributed by atoms with E-state index in [1.165, 1.54) is 5.69 Å². The zero-order chi connectivity index (χ0) is 11.4. The number of nitrogens with zero attached hydrogens (tertiary/aromatic N) is 1. The molecule has 1 aromatic carbocycles. The van der Waals surface area contributed by atoms with E-state index in [1.54, 1.807) is 0 Å². The summed E-state index contributed by atoms with van der Waals surface area (Å²) in [7, 11) is 1.99. The van der Waals surface area contributed by atoms with Gasteiger partial charge in [-0.3, -0.25) is 0 Å². The van der Waals surface area contributed by atoms with Crippen LogP contribution in [-0.2, 0) is 0 Å². The number of benzene rings is 1. The molecule has 0 saturated carbocycles. The average Bonchev–Trinajstić information content (AvgIpc) is 2.31.